The molecule has 0 aliphatic heterocycles. The number of amides is 1. The van der Waals surface area contributed by atoms with Crippen molar-refractivity contribution in [3.8, 4) is 0 Å². The van der Waals surface area contributed by atoms with Crippen molar-refractivity contribution in [1.82, 2.24) is 9.88 Å². The molecule has 1 rings (SSSR count). The fourth-order valence-corrected chi connectivity index (χ4v) is 1.76. The summed E-state index contributed by atoms with van der Waals surface area (Å²) in [4.78, 5) is 19.9. The molecule has 0 atom stereocenters. The molecule has 5 heteroatoms. The molecule has 1 heterocycles. The molecular formula is C13H22N4O. The van der Waals surface area contributed by atoms with Crippen LogP contribution in [0.1, 0.15) is 19.4 Å². The lowest BCUT2D eigenvalue weighted by Gasteiger charge is -2.23. The zero-order valence-corrected chi connectivity index (χ0v) is 11.4. The first-order valence-electron chi connectivity index (χ1n) is 6.26. The number of anilines is 1. The normalized spacial score (nSPS) is 10.2. The Morgan fingerprint density at radius 1 is 1.39 bits per heavy atom. The van der Waals surface area contributed by atoms with Crippen molar-refractivity contribution in [2.75, 3.05) is 31.6 Å². The van der Waals surface area contributed by atoms with Crippen LogP contribution in [-0.2, 0) is 11.3 Å². The highest BCUT2D eigenvalue weighted by Crippen LogP contribution is 2.10. The van der Waals surface area contributed by atoms with Crippen molar-refractivity contribution in [1.29, 1.82) is 0 Å². The van der Waals surface area contributed by atoms with Gasteiger partial charge >= 0.3 is 0 Å². The largest absolute Gasteiger partial charge is 0.350 e. The van der Waals surface area contributed by atoms with Crippen LogP contribution in [0.15, 0.2) is 18.3 Å². The van der Waals surface area contributed by atoms with Crippen molar-refractivity contribution >= 4 is 11.7 Å². The molecule has 1 aromatic heterocycles. The summed E-state index contributed by atoms with van der Waals surface area (Å²) in [5.74, 6) is 0.890. The number of nitrogens with two attached hydrogens (primary N) is 1. The van der Waals surface area contributed by atoms with Crippen LogP contribution in [0.3, 0.4) is 0 Å². The van der Waals surface area contributed by atoms with E-state index in [2.05, 4.69) is 4.98 Å². The smallest absolute Gasteiger partial charge is 0.242 e. The number of nitrogens with zero attached hydrogens (tertiary/aromatic N) is 3. The maximum atomic E-state index is 12.0. The molecule has 0 unspecified atom stereocenters. The highest BCUT2D eigenvalue weighted by molar-refractivity contribution is 5.81. The molecule has 2 N–H and O–H groups in total. The number of hydrogen-bond acceptors (Lipinski definition) is 4. The SMILES string of the molecule is CCN(CC)C(=O)CN(C)c1cc(CN)ccn1. The van der Waals surface area contributed by atoms with Crippen LogP contribution in [0, 0.1) is 0 Å². The van der Waals surface area contributed by atoms with E-state index < -0.39 is 0 Å². The Morgan fingerprint density at radius 2 is 2.06 bits per heavy atom. The summed E-state index contributed by atoms with van der Waals surface area (Å²) in [5, 5.41) is 0. The first-order valence-corrected chi connectivity index (χ1v) is 6.26. The zero-order chi connectivity index (χ0) is 13.5. The van der Waals surface area contributed by atoms with E-state index in [1.807, 2.05) is 42.8 Å². The second-order valence-corrected chi connectivity index (χ2v) is 4.15. The lowest BCUT2D eigenvalue weighted by molar-refractivity contribution is -0.129. The minimum Gasteiger partial charge on any atom is -0.350 e. The minimum absolute atomic E-state index is 0.113. The molecular weight excluding hydrogens is 228 g/mol. The highest BCUT2D eigenvalue weighted by Gasteiger charge is 2.13. The predicted octanol–water partition coefficient (Wildman–Crippen LogP) is 0.845. The van der Waals surface area contributed by atoms with Crippen LogP contribution >= 0.6 is 0 Å². The molecule has 100 valence electrons. The maximum absolute atomic E-state index is 12.0. The minimum atomic E-state index is 0.113. The Labute approximate surface area is 109 Å². The van der Waals surface area contributed by atoms with E-state index in [-0.39, 0.29) is 5.91 Å². The summed E-state index contributed by atoms with van der Waals surface area (Å²) in [6.07, 6.45) is 1.72. The van der Waals surface area contributed by atoms with E-state index in [0.29, 0.717) is 13.1 Å². The van der Waals surface area contributed by atoms with Gasteiger partial charge in [0.05, 0.1) is 6.54 Å². The third-order valence-electron chi connectivity index (χ3n) is 2.93. The molecule has 0 aliphatic carbocycles. The second-order valence-electron chi connectivity index (χ2n) is 4.15. The van der Waals surface area contributed by atoms with Crippen LogP contribution in [-0.4, -0.2) is 42.5 Å². The van der Waals surface area contributed by atoms with Crippen molar-refractivity contribution in [2.24, 2.45) is 5.73 Å². The Hall–Kier alpha value is -1.62. The van der Waals surface area contributed by atoms with Crippen LogP contribution in [0.5, 0.6) is 0 Å². The van der Waals surface area contributed by atoms with Gasteiger partial charge in [-0.25, -0.2) is 4.98 Å². The molecule has 1 aromatic rings. The summed E-state index contributed by atoms with van der Waals surface area (Å²) in [6, 6.07) is 3.79. The van der Waals surface area contributed by atoms with E-state index in [1.165, 1.54) is 0 Å². The Bertz CT molecular complexity index is 390. The number of rotatable bonds is 6. The van der Waals surface area contributed by atoms with Gasteiger partial charge in [0, 0.05) is 32.9 Å². The van der Waals surface area contributed by atoms with E-state index in [4.69, 9.17) is 5.73 Å². The monoisotopic (exact) mass is 250 g/mol. The van der Waals surface area contributed by atoms with Gasteiger partial charge in [-0.1, -0.05) is 0 Å². The average molecular weight is 250 g/mol. The van der Waals surface area contributed by atoms with Gasteiger partial charge in [-0.15, -0.1) is 0 Å². The zero-order valence-electron chi connectivity index (χ0n) is 11.4. The first-order chi connectivity index (χ1) is 8.62. The van der Waals surface area contributed by atoms with Gasteiger partial charge < -0.3 is 15.5 Å². The summed E-state index contributed by atoms with van der Waals surface area (Å²) < 4.78 is 0. The Morgan fingerprint density at radius 3 is 2.61 bits per heavy atom. The molecule has 1 amide bonds. The number of hydrogen-bond donors (Lipinski definition) is 1. The van der Waals surface area contributed by atoms with Crippen molar-refractivity contribution in [3.63, 3.8) is 0 Å². The highest BCUT2D eigenvalue weighted by atomic mass is 16.2. The van der Waals surface area contributed by atoms with Gasteiger partial charge in [-0.3, -0.25) is 4.79 Å². The molecule has 0 spiro atoms. The number of pyridine rings is 1. The lowest BCUT2D eigenvalue weighted by atomic mass is 10.2. The van der Waals surface area contributed by atoms with Crippen LogP contribution < -0.4 is 10.6 Å². The van der Waals surface area contributed by atoms with Gasteiger partial charge in [-0.2, -0.15) is 0 Å². The molecule has 5 nitrogen and oxygen atoms in total. The van der Waals surface area contributed by atoms with Crippen molar-refractivity contribution in [3.05, 3.63) is 23.9 Å². The molecule has 0 aliphatic rings. The van der Waals surface area contributed by atoms with Crippen molar-refractivity contribution in [2.45, 2.75) is 20.4 Å². The Kier molecular flexibility index (Phi) is 5.58. The van der Waals surface area contributed by atoms with Crippen LogP contribution in [0.4, 0.5) is 5.82 Å². The van der Waals surface area contributed by atoms with E-state index in [1.54, 1.807) is 6.20 Å². The summed E-state index contributed by atoms with van der Waals surface area (Å²) in [7, 11) is 1.87. The Balaban J connectivity index is 2.69. The first kappa shape index (κ1) is 14.4. The summed E-state index contributed by atoms with van der Waals surface area (Å²) >= 11 is 0. The van der Waals surface area contributed by atoms with Gasteiger partial charge in [0.15, 0.2) is 0 Å². The fraction of sp³-hybridized carbons (Fsp3) is 0.538. The standard InChI is InChI=1S/C13H22N4O/c1-4-17(5-2)13(18)10-16(3)12-8-11(9-14)6-7-15-12/h6-8H,4-5,9-10,14H2,1-3H3. The third-order valence-corrected chi connectivity index (χ3v) is 2.93. The molecule has 0 fully saturated rings. The molecule has 0 saturated carbocycles. The molecule has 0 radical (unpaired) electrons. The van der Waals surface area contributed by atoms with Gasteiger partial charge in [0.1, 0.15) is 5.82 Å². The van der Waals surface area contributed by atoms with Gasteiger partial charge in [0.2, 0.25) is 5.91 Å². The number of aromatic nitrogens is 1. The number of carbonyl (C=O) groups excluding carboxylic acids is 1. The number of likely N-dealkylation sites (N-methyl/N-ethyl adjacent to an activating group) is 2. The average Bonchev–Trinajstić information content (AvgIpc) is 2.40. The van der Waals surface area contributed by atoms with Gasteiger partial charge in [0.25, 0.3) is 0 Å². The summed E-state index contributed by atoms with van der Waals surface area (Å²) in [5.41, 5.74) is 6.61. The topological polar surface area (TPSA) is 62.5 Å². The second kappa shape index (κ2) is 6.96. The number of carbonyl (C=O) groups is 1. The van der Waals surface area contributed by atoms with E-state index >= 15 is 0 Å². The van der Waals surface area contributed by atoms with Crippen LogP contribution in [0.2, 0.25) is 0 Å². The van der Waals surface area contributed by atoms with E-state index in [0.717, 1.165) is 24.5 Å². The lowest BCUT2D eigenvalue weighted by Crippen LogP contribution is -2.39. The van der Waals surface area contributed by atoms with Crippen LogP contribution in [0.25, 0.3) is 0 Å². The predicted molar refractivity (Wildman–Crippen MR) is 73.3 cm³/mol. The molecule has 0 bridgehead atoms. The van der Waals surface area contributed by atoms with Gasteiger partial charge in [-0.05, 0) is 31.5 Å². The van der Waals surface area contributed by atoms with Crippen molar-refractivity contribution < 1.29 is 4.79 Å². The summed E-state index contributed by atoms with van der Waals surface area (Å²) in [6.45, 7) is 6.25. The molecule has 0 aromatic carbocycles. The van der Waals surface area contributed by atoms with E-state index in [9.17, 15) is 4.79 Å². The molecule has 0 saturated heterocycles. The fourth-order valence-electron chi connectivity index (χ4n) is 1.76. The molecule has 18 heavy (non-hydrogen) atoms. The third kappa shape index (κ3) is 3.70. The quantitative estimate of drug-likeness (QED) is 0.813. The maximum Gasteiger partial charge on any atom is 0.242 e.